The van der Waals surface area contributed by atoms with E-state index in [4.69, 9.17) is 0 Å². The molecule has 0 aromatic carbocycles. The second-order valence-corrected chi connectivity index (χ2v) is 2.76. The molecular formula is C6H9FO4S. The molecule has 0 aliphatic rings. The maximum absolute atomic E-state index is 11.1. The van der Waals surface area contributed by atoms with Crippen molar-refractivity contribution in [2.24, 2.45) is 0 Å². The molecule has 0 saturated carbocycles. The second kappa shape index (κ2) is 6.90. The van der Waals surface area contributed by atoms with Crippen LogP contribution in [0.2, 0.25) is 0 Å². The molecule has 0 aromatic heterocycles. The van der Waals surface area contributed by atoms with Crippen LogP contribution < -0.4 is 0 Å². The Morgan fingerprint density at radius 2 is 2.17 bits per heavy atom. The van der Waals surface area contributed by atoms with Crippen molar-refractivity contribution < 1.29 is 23.8 Å². The molecule has 0 radical (unpaired) electrons. The zero-order chi connectivity index (χ0) is 9.40. The second-order valence-electron chi connectivity index (χ2n) is 1.73. The Kier molecular flexibility index (Phi) is 6.45. The Bertz CT molecular complexity index is 162. The van der Waals surface area contributed by atoms with E-state index in [2.05, 4.69) is 9.68 Å². The lowest BCUT2D eigenvalue weighted by atomic mass is 10.5. The van der Waals surface area contributed by atoms with E-state index in [0.717, 1.165) is 11.8 Å². The molecule has 0 amide bonds. The zero-order valence-electron chi connectivity index (χ0n) is 6.54. The highest BCUT2D eigenvalue weighted by atomic mass is 32.2. The van der Waals surface area contributed by atoms with Gasteiger partial charge in [-0.15, -0.1) is 0 Å². The fourth-order valence-corrected chi connectivity index (χ4v) is 1.05. The molecule has 0 rings (SSSR count). The summed E-state index contributed by atoms with van der Waals surface area (Å²) < 4.78 is 15.6. The SMILES string of the molecule is CCOC(=O)SCCC(=O)OF. The molecule has 0 bridgehead atoms. The number of rotatable bonds is 4. The van der Waals surface area contributed by atoms with Gasteiger partial charge in [-0.1, -0.05) is 0 Å². The fourth-order valence-electron chi connectivity index (χ4n) is 0.416. The van der Waals surface area contributed by atoms with Crippen LogP contribution in [-0.4, -0.2) is 23.6 Å². The smallest absolute Gasteiger partial charge is 0.367 e. The van der Waals surface area contributed by atoms with Crippen LogP contribution in [0.4, 0.5) is 9.32 Å². The van der Waals surface area contributed by atoms with Crippen molar-refractivity contribution >= 4 is 23.0 Å². The topological polar surface area (TPSA) is 52.6 Å². The summed E-state index contributed by atoms with van der Waals surface area (Å²) in [5.41, 5.74) is 0. The predicted molar refractivity (Wildman–Crippen MR) is 41.3 cm³/mol. The summed E-state index contributed by atoms with van der Waals surface area (Å²) in [4.78, 5) is 23.7. The Labute approximate surface area is 73.3 Å². The van der Waals surface area contributed by atoms with Crippen LogP contribution in [0.25, 0.3) is 0 Å². The highest BCUT2D eigenvalue weighted by molar-refractivity contribution is 8.13. The van der Waals surface area contributed by atoms with E-state index in [-0.39, 0.29) is 12.2 Å². The first kappa shape index (κ1) is 11.2. The van der Waals surface area contributed by atoms with E-state index < -0.39 is 11.3 Å². The third kappa shape index (κ3) is 5.96. The fraction of sp³-hybridized carbons (Fsp3) is 0.667. The lowest BCUT2D eigenvalue weighted by Gasteiger charge is -1.98. The van der Waals surface area contributed by atoms with Crippen LogP contribution in [0, 0.1) is 0 Å². The van der Waals surface area contributed by atoms with E-state index in [1.54, 1.807) is 6.92 Å². The third-order valence-corrected chi connectivity index (χ3v) is 1.64. The maximum Gasteiger partial charge on any atom is 0.367 e. The van der Waals surface area contributed by atoms with Crippen molar-refractivity contribution in [1.82, 2.24) is 0 Å². The molecule has 12 heavy (non-hydrogen) atoms. The lowest BCUT2D eigenvalue weighted by Crippen LogP contribution is -2.02. The van der Waals surface area contributed by atoms with Crippen LogP contribution >= 0.6 is 11.8 Å². The normalized spacial score (nSPS) is 9.17. The molecule has 0 N–H and O–H groups in total. The van der Waals surface area contributed by atoms with Gasteiger partial charge in [0.2, 0.25) is 0 Å². The molecule has 0 spiro atoms. The minimum atomic E-state index is -0.980. The summed E-state index contributed by atoms with van der Waals surface area (Å²) in [5.74, 6) is -0.812. The standard InChI is InChI=1S/C6H9FO4S/c1-2-10-6(9)12-4-3-5(8)11-7/h2-4H2,1H3. The number of thioether (sulfide) groups is 1. The van der Waals surface area contributed by atoms with Crippen LogP contribution in [0.1, 0.15) is 13.3 Å². The van der Waals surface area contributed by atoms with Gasteiger partial charge in [0.05, 0.1) is 13.0 Å². The Morgan fingerprint density at radius 1 is 1.50 bits per heavy atom. The summed E-state index contributed by atoms with van der Waals surface area (Å²) in [6.45, 7) is 1.97. The zero-order valence-corrected chi connectivity index (χ0v) is 7.36. The Hall–Kier alpha value is -0.780. The van der Waals surface area contributed by atoms with Crippen LogP contribution in [0.15, 0.2) is 0 Å². The van der Waals surface area contributed by atoms with Crippen LogP contribution in [0.3, 0.4) is 0 Å². The molecule has 0 heterocycles. The van der Waals surface area contributed by atoms with Gasteiger partial charge in [-0.05, 0) is 18.7 Å². The first-order valence-corrected chi connectivity index (χ1v) is 4.30. The quantitative estimate of drug-likeness (QED) is 0.640. The van der Waals surface area contributed by atoms with E-state index in [1.165, 1.54) is 0 Å². The maximum atomic E-state index is 11.1. The largest absolute Gasteiger partial charge is 0.458 e. The average molecular weight is 196 g/mol. The van der Waals surface area contributed by atoms with E-state index in [1.807, 2.05) is 0 Å². The van der Waals surface area contributed by atoms with Crippen molar-refractivity contribution in [3.05, 3.63) is 0 Å². The molecule has 0 atom stereocenters. The number of hydrogen-bond donors (Lipinski definition) is 0. The first-order chi connectivity index (χ1) is 5.70. The molecule has 0 fully saturated rings. The summed E-state index contributed by atoms with van der Waals surface area (Å²) >= 11 is 0.816. The van der Waals surface area contributed by atoms with Gasteiger partial charge in [-0.3, -0.25) is 4.94 Å². The third-order valence-electron chi connectivity index (χ3n) is 0.874. The summed E-state index contributed by atoms with van der Waals surface area (Å²) in [6.07, 6.45) is -0.139. The Balaban J connectivity index is 3.30. The molecule has 0 aliphatic heterocycles. The van der Waals surface area contributed by atoms with Crippen LogP contribution in [0.5, 0.6) is 0 Å². The highest BCUT2D eigenvalue weighted by Crippen LogP contribution is 2.07. The van der Waals surface area contributed by atoms with E-state index in [9.17, 15) is 14.1 Å². The lowest BCUT2D eigenvalue weighted by molar-refractivity contribution is -0.183. The van der Waals surface area contributed by atoms with Gasteiger partial charge in [0, 0.05) is 10.3 Å². The molecule has 0 unspecified atom stereocenters. The summed E-state index contributed by atoms with van der Waals surface area (Å²) in [5, 5.41) is -0.468. The first-order valence-electron chi connectivity index (χ1n) is 3.31. The number of carbonyl (C=O) groups is 2. The van der Waals surface area contributed by atoms with Gasteiger partial charge in [-0.2, -0.15) is 0 Å². The van der Waals surface area contributed by atoms with Crippen molar-refractivity contribution in [1.29, 1.82) is 0 Å². The van der Waals surface area contributed by atoms with Gasteiger partial charge < -0.3 is 4.74 Å². The van der Waals surface area contributed by atoms with E-state index >= 15 is 0 Å². The Morgan fingerprint density at radius 3 is 2.67 bits per heavy atom. The molecule has 6 heteroatoms. The van der Waals surface area contributed by atoms with E-state index in [0.29, 0.717) is 6.61 Å². The average Bonchev–Trinajstić information content (AvgIpc) is 2.04. The van der Waals surface area contributed by atoms with Crippen molar-refractivity contribution in [3.8, 4) is 0 Å². The number of carbonyl (C=O) groups excluding carboxylic acids is 2. The van der Waals surface area contributed by atoms with Gasteiger partial charge >= 0.3 is 11.3 Å². The van der Waals surface area contributed by atoms with Gasteiger partial charge in [0.25, 0.3) is 0 Å². The van der Waals surface area contributed by atoms with Gasteiger partial charge in [-0.25, -0.2) is 9.59 Å². The van der Waals surface area contributed by atoms with Crippen molar-refractivity contribution in [3.63, 3.8) is 0 Å². The molecular weight excluding hydrogens is 187 g/mol. The molecule has 4 nitrogen and oxygen atoms in total. The molecule has 0 aromatic rings. The predicted octanol–water partition coefficient (Wildman–Crippen LogP) is 1.69. The minimum absolute atomic E-state index is 0.139. The highest BCUT2D eigenvalue weighted by Gasteiger charge is 2.06. The number of halogens is 1. The molecule has 0 saturated heterocycles. The van der Waals surface area contributed by atoms with Gasteiger partial charge in [0.1, 0.15) is 0 Å². The molecule has 70 valence electrons. The summed E-state index contributed by atoms with van der Waals surface area (Å²) in [7, 11) is 0. The van der Waals surface area contributed by atoms with Gasteiger partial charge in [0.15, 0.2) is 0 Å². The minimum Gasteiger partial charge on any atom is -0.458 e. The number of ether oxygens (including phenoxy) is 1. The van der Waals surface area contributed by atoms with Crippen molar-refractivity contribution in [2.45, 2.75) is 13.3 Å². The van der Waals surface area contributed by atoms with Crippen molar-refractivity contribution in [2.75, 3.05) is 12.4 Å². The summed E-state index contributed by atoms with van der Waals surface area (Å²) in [6, 6.07) is 0. The number of hydrogen-bond acceptors (Lipinski definition) is 5. The van der Waals surface area contributed by atoms with Crippen LogP contribution in [-0.2, 0) is 14.5 Å². The molecule has 0 aliphatic carbocycles. The monoisotopic (exact) mass is 196 g/mol.